The lowest BCUT2D eigenvalue weighted by molar-refractivity contribution is -0.121. The summed E-state index contributed by atoms with van der Waals surface area (Å²) in [7, 11) is 0. The number of hydrazine groups is 1. The van der Waals surface area contributed by atoms with Crippen LogP contribution < -0.4 is 21.3 Å². The number of hydrogen-bond acceptors (Lipinski definition) is 4. The molecule has 1 aromatic carbocycles. The zero-order chi connectivity index (χ0) is 14.8. The van der Waals surface area contributed by atoms with Crippen LogP contribution in [0.1, 0.15) is 32.6 Å². The Bertz CT molecular complexity index is 432. The SMILES string of the molecule is CC(=O)Nc1ccc(OCCCCCC(=O)NN)cc1. The number of hydrogen-bond donors (Lipinski definition) is 3. The van der Waals surface area contributed by atoms with Gasteiger partial charge in [0.1, 0.15) is 5.75 Å². The smallest absolute Gasteiger partial charge is 0.233 e. The Hall–Kier alpha value is -2.08. The first-order valence-corrected chi connectivity index (χ1v) is 6.61. The Morgan fingerprint density at radius 3 is 2.45 bits per heavy atom. The lowest BCUT2D eigenvalue weighted by atomic mass is 10.2. The number of ether oxygens (including phenoxy) is 1. The van der Waals surface area contributed by atoms with E-state index < -0.39 is 0 Å². The van der Waals surface area contributed by atoms with E-state index in [1.54, 1.807) is 12.1 Å². The largest absolute Gasteiger partial charge is 0.494 e. The molecule has 0 saturated heterocycles. The normalized spacial score (nSPS) is 9.90. The summed E-state index contributed by atoms with van der Waals surface area (Å²) >= 11 is 0. The number of carbonyl (C=O) groups is 2. The maximum Gasteiger partial charge on any atom is 0.233 e. The Balaban J connectivity index is 2.16. The highest BCUT2D eigenvalue weighted by Gasteiger charge is 1.99. The maximum atomic E-state index is 10.9. The summed E-state index contributed by atoms with van der Waals surface area (Å²) in [5.41, 5.74) is 2.85. The second kappa shape index (κ2) is 8.92. The molecule has 1 aromatic rings. The molecule has 0 aliphatic heterocycles. The third-order valence-electron chi connectivity index (χ3n) is 2.65. The van der Waals surface area contributed by atoms with Gasteiger partial charge in [0.15, 0.2) is 0 Å². The molecule has 0 atom stereocenters. The molecule has 6 nitrogen and oxygen atoms in total. The molecule has 0 aliphatic rings. The summed E-state index contributed by atoms with van der Waals surface area (Å²) in [6.45, 7) is 2.07. The van der Waals surface area contributed by atoms with E-state index in [0.717, 1.165) is 30.7 Å². The first kappa shape index (κ1) is 16.0. The molecule has 0 aromatic heterocycles. The van der Waals surface area contributed by atoms with Crippen LogP contribution in [0.3, 0.4) is 0 Å². The Kier molecular flexibility index (Phi) is 7.13. The minimum Gasteiger partial charge on any atom is -0.494 e. The van der Waals surface area contributed by atoms with E-state index in [9.17, 15) is 9.59 Å². The highest BCUT2D eigenvalue weighted by Crippen LogP contribution is 2.16. The number of anilines is 1. The van der Waals surface area contributed by atoms with Crippen LogP contribution >= 0.6 is 0 Å². The number of carbonyl (C=O) groups excluding carboxylic acids is 2. The molecule has 0 radical (unpaired) electrons. The standard InChI is InChI=1S/C14H21N3O3/c1-11(18)16-12-6-8-13(9-7-12)20-10-4-2-3-5-14(19)17-15/h6-9H,2-5,10,15H2,1H3,(H,16,18)(H,17,19). The maximum absolute atomic E-state index is 10.9. The van der Waals surface area contributed by atoms with Crippen molar-refractivity contribution >= 4 is 17.5 Å². The molecule has 1 rings (SSSR count). The van der Waals surface area contributed by atoms with Gasteiger partial charge in [0.25, 0.3) is 0 Å². The highest BCUT2D eigenvalue weighted by molar-refractivity contribution is 5.88. The van der Waals surface area contributed by atoms with Crippen molar-refractivity contribution in [2.24, 2.45) is 5.84 Å². The number of benzene rings is 1. The van der Waals surface area contributed by atoms with Crippen LogP contribution in [0.15, 0.2) is 24.3 Å². The number of rotatable bonds is 8. The zero-order valence-electron chi connectivity index (χ0n) is 11.6. The second-order valence-corrected chi connectivity index (χ2v) is 4.43. The van der Waals surface area contributed by atoms with Gasteiger partial charge in [-0.2, -0.15) is 0 Å². The first-order chi connectivity index (χ1) is 9.61. The predicted molar refractivity (Wildman–Crippen MR) is 77.0 cm³/mol. The highest BCUT2D eigenvalue weighted by atomic mass is 16.5. The zero-order valence-corrected chi connectivity index (χ0v) is 11.6. The molecule has 0 saturated carbocycles. The van der Waals surface area contributed by atoms with Crippen molar-refractivity contribution in [1.82, 2.24) is 5.43 Å². The van der Waals surface area contributed by atoms with Crippen molar-refractivity contribution in [3.05, 3.63) is 24.3 Å². The quantitative estimate of drug-likeness (QED) is 0.291. The average Bonchev–Trinajstić information content (AvgIpc) is 2.43. The summed E-state index contributed by atoms with van der Waals surface area (Å²) in [6, 6.07) is 7.21. The topological polar surface area (TPSA) is 93.4 Å². The summed E-state index contributed by atoms with van der Waals surface area (Å²) in [4.78, 5) is 21.7. The molecule has 0 heterocycles. The van der Waals surface area contributed by atoms with Gasteiger partial charge in [-0.25, -0.2) is 5.84 Å². The van der Waals surface area contributed by atoms with Gasteiger partial charge in [0.05, 0.1) is 6.61 Å². The van der Waals surface area contributed by atoms with Crippen molar-refractivity contribution in [3.63, 3.8) is 0 Å². The molecular weight excluding hydrogens is 258 g/mol. The lowest BCUT2D eigenvalue weighted by Crippen LogP contribution is -2.29. The van der Waals surface area contributed by atoms with E-state index in [2.05, 4.69) is 10.7 Å². The fourth-order valence-corrected chi connectivity index (χ4v) is 1.66. The van der Waals surface area contributed by atoms with E-state index >= 15 is 0 Å². The monoisotopic (exact) mass is 279 g/mol. The van der Waals surface area contributed by atoms with Gasteiger partial charge in [-0.15, -0.1) is 0 Å². The predicted octanol–water partition coefficient (Wildman–Crippen LogP) is 1.57. The Labute approximate surface area is 118 Å². The summed E-state index contributed by atoms with van der Waals surface area (Å²) < 4.78 is 5.56. The van der Waals surface area contributed by atoms with Crippen molar-refractivity contribution in [2.75, 3.05) is 11.9 Å². The molecule has 0 aliphatic carbocycles. The molecule has 0 unspecified atom stereocenters. The first-order valence-electron chi connectivity index (χ1n) is 6.61. The van der Waals surface area contributed by atoms with Crippen LogP contribution in [-0.2, 0) is 9.59 Å². The molecule has 2 amide bonds. The van der Waals surface area contributed by atoms with Gasteiger partial charge in [-0.3, -0.25) is 15.0 Å². The van der Waals surface area contributed by atoms with Crippen LogP contribution in [0.4, 0.5) is 5.69 Å². The van der Waals surface area contributed by atoms with Gasteiger partial charge in [0, 0.05) is 19.0 Å². The van der Waals surface area contributed by atoms with E-state index in [1.807, 2.05) is 12.1 Å². The van der Waals surface area contributed by atoms with Gasteiger partial charge < -0.3 is 10.1 Å². The van der Waals surface area contributed by atoms with Crippen LogP contribution in [0.25, 0.3) is 0 Å². The van der Waals surface area contributed by atoms with Crippen LogP contribution in [0, 0.1) is 0 Å². The minimum atomic E-state index is -0.139. The van der Waals surface area contributed by atoms with Crippen molar-refractivity contribution in [1.29, 1.82) is 0 Å². The van der Waals surface area contributed by atoms with E-state index in [0.29, 0.717) is 13.0 Å². The van der Waals surface area contributed by atoms with E-state index in [-0.39, 0.29) is 11.8 Å². The molecule has 4 N–H and O–H groups in total. The second-order valence-electron chi connectivity index (χ2n) is 4.43. The third kappa shape index (κ3) is 6.75. The minimum absolute atomic E-state index is 0.0971. The van der Waals surface area contributed by atoms with Gasteiger partial charge in [0.2, 0.25) is 11.8 Å². The summed E-state index contributed by atoms with van der Waals surface area (Å²) in [6.07, 6.45) is 3.04. The molecule has 110 valence electrons. The number of nitrogens with one attached hydrogen (secondary N) is 2. The summed E-state index contributed by atoms with van der Waals surface area (Å²) in [5, 5.41) is 2.69. The van der Waals surface area contributed by atoms with E-state index in [4.69, 9.17) is 10.6 Å². The molecular formula is C14H21N3O3. The summed E-state index contributed by atoms with van der Waals surface area (Å²) in [5.74, 6) is 5.51. The fraction of sp³-hybridized carbons (Fsp3) is 0.429. The number of amides is 2. The number of unbranched alkanes of at least 4 members (excludes halogenated alkanes) is 2. The third-order valence-corrected chi connectivity index (χ3v) is 2.65. The fourth-order valence-electron chi connectivity index (χ4n) is 1.66. The Morgan fingerprint density at radius 1 is 1.15 bits per heavy atom. The van der Waals surface area contributed by atoms with E-state index in [1.165, 1.54) is 6.92 Å². The van der Waals surface area contributed by atoms with Crippen molar-refractivity contribution in [3.8, 4) is 5.75 Å². The Morgan fingerprint density at radius 2 is 1.85 bits per heavy atom. The molecule has 0 bridgehead atoms. The average molecular weight is 279 g/mol. The molecule has 0 spiro atoms. The molecule has 6 heteroatoms. The van der Waals surface area contributed by atoms with Gasteiger partial charge in [-0.05, 0) is 43.5 Å². The van der Waals surface area contributed by atoms with Gasteiger partial charge in [-0.1, -0.05) is 0 Å². The van der Waals surface area contributed by atoms with Crippen molar-refractivity contribution in [2.45, 2.75) is 32.6 Å². The molecule has 20 heavy (non-hydrogen) atoms. The molecule has 0 fully saturated rings. The van der Waals surface area contributed by atoms with Crippen LogP contribution in [0.2, 0.25) is 0 Å². The van der Waals surface area contributed by atoms with Gasteiger partial charge >= 0.3 is 0 Å². The lowest BCUT2D eigenvalue weighted by Gasteiger charge is -2.07. The van der Waals surface area contributed by atoms with Crippen molar-refractivity contribution < 1.29 is 14.3 Å². The number of nitrogens with two attached hydrogens (primary N) is 1. The van der Waals surface area contributed by atoms with Crippen LogP contribution in [-0.4, -0.2) is 18.4 Å². The van der Waals surface area contributed by atoms with Crippen LogP contribution in [0.5, 0.6) is 5.75 Å².